The van der Waals surface area contributed by atoms with Crippen LogP contribution in [0, 0.1) is 6.92 Å². The number of hydrogen-bond acceptors (Lipinski definition) is 5. The molecular formula is C20H21N3O3. The minimum Gasteiger partial charge on any atom is -0.494 e. The highest BCUT2D eigenvalue weighted by Crippen LogP contribution is 2.19. The quantitative estimate of drug-likeness (QED) is 0.677. The Labute approximate surface area is 152 Å². The Bertz CT molecular complexity index is 870. The molecule has 0 bridgehead atoms. The Morgan fingerprint density at radius 1 is 1.12 bits per heavy atom. The average molecular weight is 351 g/mol. The summed E-state index contributed by atoms with van der Waals surface area (Å²) in [7, 11) is 1.79. The zero-order valence-corrected chi connectivity index (χ0v) is 15.1. The molecule has 0 saturated carbocycles. The van der Waals surface area contributed by atoms with Crippen LogP contribution in [0.1, 0.15) is 28.7 Å². The number of benzene rings is 2. The molecule has 6 heteroatoms. The summed E-state index contributed by atoms with van der Waals surface area (Å²) in [6.45, 7) is 4.87. The third kappa shape index (κ3) is 4.08. The van der Waals surface area contributed by atoms with Crippen LogP contribution in [0.15, 0.2) is 53.1 Å². The van der Waals surface area contributed by atoms with E-state index in [0.717, 1.165) is 16.9 Å². The first-order chi connectivity index (χ1) is 12.6. The third-order valence-electron chi connectivity index (χ3n) is 3.91. The fourth-order valence-corrected chi connectivity index (χ4v) is 2.59. The van der Waals surface area contributed by atoms with Crippen LogP contribution in [0.3, 0.4) is 0 Å². The van der Waals surface area contributed by atoms with Gasteiger partial charge in [0.2, 0.25) is 0 Å². The van der Waals surface area contributed by atoms with Crippen molar-refractivity contribution in [3.05, 3.63) is 65.5 Å². The van der Waals surface area contributed by atoms with E-state index in [0.29, 0.717) is 30.4 Å². The molecule has 0 saturated heterocycles. The maximum absolute atomic E-state index is 12.6. The topological polar surface area (TPSA) is 68.5 Å². The molecule has 0 spiro atoms. The van der Waals surface area contributed by atoms with E-state index in [1.54, 1.807) is 31.0 Å². The van der Waals surface area contributed by atoms with Crippen molar-refractivity contribution in [3.8, 4) is 17.2 Å². The number of carbonyl (C=O) groups is 1. The van der Waals surface area contributed by atoms with Gasteiger partial charge in [-0.15, -0.1) is 0 Å². The Morgan fingerprint density at radius 2 is 1.81 bits per heavy atom. The summed E-state index contributed by atoms with van der Waals surface area (Å²) in [6, 6.07) is 14.9. The molecule has 0 aliphatic carbocycles. The van der Waals surface area contributed by atoms with Crippen LogP contribution in [-0.2, 0) is 6.54 Å². The highest BCUT2D eigenvalue weighted by molar-refractivity contribution is 5.94. The summed E-state index contributed by atoms with van der Waals surface area (Å²) < 4.78 is 10.6. The Balaban J connectivity index is 1.66. The molecular weight excluding hydrogens is 330 g/mol. The molecule has 0 aliphatic rings. The van der Waals surface area contributed by atoms with Crippen molar-refractivity contribution in [1.29, 1.82) is 0 Å². The molecule has 1 aromatic heterocycles. The van der Waals surface area contributed by atoms with Gasteiger partial charge in [0.05, 0.1) is 6.61 Å². The van der Waals surface area contributed by atoms with Crippen LogP contribution < -0.4 is 4.74 Å². The van der Waals surface area contributed by atoms with Gasteiger partial charge in [0.15, 0.2) is 5.82 Å². The van der Waals surface area contributed by atoms with Crippen molar-refractivity contribution in [2.24, 2.45) is 0 Å². The standard InChI is InChI=1S/C20H21N3O3/c1-4-25-18-11-5-15(6-12-18)13-23(3)20(24)17-9-7-16(8-10-17)19-21-14(2)22-26-19/h5-12H,4,13H2,1-3H3. The fraction of sp³-hybridized carbons (Fsp3) is 0.250. The number of hydrogen-bond donors (Lipinski definition) is 0. The smallest absolute Gasteiger partial charge is 0.257 e. The second-order valence-electron chi connectivity index (χ2n) is 5.96. The zero-order chi connectivity index (χ0) is 18.5. The van der Waals surface area contributed by atoms with E-state index in [-0.39, 0.29) is 5.91 Å². The number of aryl methyl sites for hydroxylation is 1. The lowest BCUT2D eigenvalue weighted by Gasteiger charge is -2.17. The molecule has 6 nitrogen and oxygen atoms in total. The maximum atomic E-state index is 12.6. The minimum atomic E-state index is -0.0489. The predicted molar refractivity (Wildman–Crippen MR) is 97.9 cm³/mol. The van der Waals surface area contributed by atoms with Crippen LogP contribution in [0.5, 0.6) is 5.75 Å². The molecule has 3 rings (SSSR count). The second kappa shape index (κ2) is 7.82. The van der Waals surface area contributed by atoms with Crippen molar-refractivity contribution in [2.45, 2.75) is 20.4 Å². The molecule has 0 N–H and O–H groups in total. The number of nitrogens with zero attached hydrogens (tertiary/aromatic N) is 3. The van der Waals surface area contributed by atoms with Gasteiger partial charge in [-0.25, -0.2) is 0 Å². The lowest BCUT2D eigenvalue weighted by Crippen LogP contribution is -2.26. The number of ether oxygens (including phenoxy) is 1. The lowest BCUT2D eigenvalue weighted by molar-refractivity contribution is 0.0785. The summed E-state index contributed by atoms with van der Waals surface area (Å²) in [5, 5.41) is 3.77. The predicted octanol–water partition coefficient (Wildman–Crippen LogP) is 3.72. The molecule has 0 atom stereocenters. The van der Waals surface area contributed by atoms with Gasteiger partial charge < -0.3 is 14.2 Å². The van der Waals surface area contributed by atoms with Gasteiger partial charge in [-0.1, -0.05) is 17.3 Å². The van der Waals surface area contributed by atoms with Crippen LogP contribution in [0.4, 0.5) is 0 Å². The Hall–Kier alpha value is -3.15. The number of rotatable bonds is 6. The lowest BCUT2D eigenvalue weighted by atomic mass is 10.1. The van der Waals surface area contributed by atoms with Crippen LogP contribution in [0.2, 0.25) is 0 Å². The molecule has 0 radical (unpaired) electrons. The third-order valence-corrected chi connectivity index (χ3v) is 3.91. The summed E-state index contributed by atoms with van der Waals surface area (Å²) in [5.41, 5.74) is 2.44. The molecule has 0 fully saturated rings. The summed E-state index contributed by atoms with van der Waals surface area (Å²) in [6.07, 6.45) is 0. The first-order valence-electron chi connectivity index (χ1n) is 8.44. The summed E-state index contributed by atoms with van der Waals surface area (Å²) in [4.78, 5) is 18.5. The van der Waals surface area contributed by atoms with Crippen molar-refractivity contribution < 1.29 is 14.1 Å². The summed E-state index contributed by atoms with van der Waals surface area (Å²) >= 11 is 0. The molecule has 0 aliphatic heterocycles. The molecule has 1 heterocycles. The van der Waals surface area contributed by atoms with Gasteiger partial charge in [-0.2, -0.15) is 4.98 Å². The van der Waals surface area contributed by atoms with Crippen molar-refractivity contribution in [2.75, 3.05) is 13.7 Å². The monoisotopic (exact) mass is 351 g/mol. The Morgan fingerprint density at radius 3 is 2.38 bits per heavy atom. The number of aromatic nitrogens is 2. The van der Waals surface area contributed by atoms with Crippen LogP contribution in [-0.4, -0.2) is 34.6 Å². The number of amides is 1. The van der Waals surface area contributed by atoms with E-state index in [9.17, 15) is 4.79 Å². The van der Waals surface area contributed by atoms with E-state index in [1.807, 2.05) is 43.3 Å². The van der Waals surface area contributed by atoms with E-state index in [2.05, 4.69) is 10.1 Å². The molecule has 1 amide bonds. The van der Waals surface area contributed by atoms with Crippen molar-refractivity contribution in [1.82, 2.24) is 15.0 Å². The maximum Gasteiger partial charge on any atom is 0.257 e. The van der Waals surface area contributed by atoms with Crippen LogP contribution >= 0.6 is 0 Å². The molecule has 26 heavy (non-hydrogen) atoms. The first kappa shape index (κ1) is 17.7. The van der Waals surface area contributed by atoms with E-state index >= 15 is 0 Å². The highest BCUT2D eigenvalue weighted by Gasteiger charge is 2.13. The minimum absolute atomic E-state index is 0.0489. The molecule has 3 aromatic rings. The van der Waals surface area contributed by atoms with Crippen molar-refractivity contribution >= 4 is 5.91 Å². The first-order valence-corrected chi connectivity index (χ1v) is 8.44. The van der Waals surface area contributed by atoms with Gasteiger partial charge in [0, 0.05) is 24.7 Å². The largest absolute Gasteiger partial charge is 0.494 e. The molecule has 0 unspecified atom stereocenters. The highest BCUT2D eigenvalue weighted by atomic mass is 16.5. The Kier molecular flexibility index (Phi) is 5.31. The summed E-state index contributed by atoms with van der Waals surface area (Å²) in [5.74, 6) is 1.81. The van der Waals surface area contributed by atoms with Crippen molar-refractivity contribution in [3.63, 3.8) is 0 Å². The van der Waals surface area contributed by atoms with Gasteiger partial charge in [-0.3, -0.25) is 4.79 Å². The van der Waals surface area contributed by atoms with E-state index in [4.69, 9.17) is 9.26 Å². The number of carbonyl (C=O) groups excluding carboxylic acids is 1. The van der Waals surface area contributed by atoms with Gasteiger partial charge in [-0.05, 0) is 55.8 Å². The van der Waals surface area contributed by atoms with E-state index in [1.165, 1.54) is 0 Å². The average Bonchev–Trinajstić information content (AvgIpc) is 3.09. The normalized spacial score (nSPS) is 10.6. The van der Waals surface area contributed by atoms with Gasteiger partial charge >= 0.3 is 0 Å². The fourth-order valence-electron chi connectivity index (χ4n) is 2.59. The second-order valence-corrected chi connectivity index (χ2v) is 5.96. The molecule has 2 aromatic carbocycles. The van der Waals surface area contributed by atoms with Gasteiger partial charge in [0.25, 0.3) is 11.8 Å². The molecule has 134 valence electrons. The SMILES string of the molecule is CCOc1ccc(CN(C)C(=O)c2ccc(-c3nc(C)no3)cc2)cc1. The van der Waals surface area contributed by atoms with E-state index < -0.39 is 0 Å². The zero-order valence-electron chi connectivity index (χ0n) is 15.1. The van der Waals surface area contributed by atoms with Gasteiger partial charge in [0.1, 0.15) is 5.75 Å². The van der Waals surface area contributed by atoms with Crippen LogP contribution in [0.25, 0.3) is 11.5 Å².